The molecular weight excluding hydrogens is 559 g/mol. The summed E-state index contributed by atoms with van der Waals surface area (Å²) in [5.41, 5.74) is 2.92. The molecule has 4 nitrogen and oxygen atoms in total. The Morgan fingerprint density at radius 3 is 2.00 bits per heavy atom. The third-order valence-corrected chi connectivity index (χ3v) is 6.72. The number of nitrogens with one attached hydrogen (secondary N) is 1. The second-order valence-corrected chi connectivity index (χ2v) is 9.97. The van der Waals surface area contributed by atoms with Gasteiger partial charge in [-0.15, -0.1) is 0 Å². The second-order valence-electron chi connectivity index (χ2n) is 9.97. The summed E-state index contributed by atoms with van der Waals surface area (Å²) in [6, 6.07) is 9.86. The van der Waals surface area contributed by atoms with Gasteiger partial charge >= 0.3 is 0 Å². The number of ether oxygens (including phenoxy) is 1. The summed E-state index contributed by atoms with van der Waals surface area (Å²) < 4.78 is 7.85. The number of hydrogen-bond acceptors (Lipinski definition) is 2. The summed E-state index contributed by atoms with van der Waals surface area (Å²) in [4.78, 5) is 12.4. The van der Waals surface area contributed by atoms with E-state index in [9.17, 15) is 4.79 Å². The van der Waals surface area contributed by atoms with Gasteiger partial charge in [-0.3, -0.25) is 4.79 Å². The minimum atomic E-state index is -0.0567. The number of rotatable bonds is 19. The first-order valence-corrected chi connectivity index (χ1v) is 14.1. The van der Waals surface area contributed by atoms with Crippen LogP contribution in [-0.4, -0.2) is 12.5 Å². The van der Waals surface area contributed by atoms with E-state index in [4.69, 9.17) is 4.74 Å². The molecule has 0 aliphatic carbocycles. The third-order valence-electron chi connectivity index (χ3n) is 6.72. The van der Waals surface area contributed by atoms with E-state index in [0.717, 1.165) is 29.9 Å². The van der Waals surface area contributed by atoms with Crippen molar-refractivity contribution in [2.45, 2.75) is 110 Å². The maximum absolute atomic E-state index is 12.4. The Kier molecular flexibility index (Phi) is 18.4. The van der Waals surface area contributed by atoms with Gasteiger partial charge in [0, 0.05) is 12.6 Å². The molecule has 0 unspecified atom stereocenters. The van der Waals surface area contributed by atoms with Gasteiger partial charge in [0.2, 0.25) is 0 Å². The van der Waals surface area contributed by atoms with Crippen molar-refractivity contribution in [3.8, 4) is 5.75 Å². The number of unbranched alkanes of at least 4 members (excludes halogenated alkanes) is 13. The SMILES string of the molecule is CCCCCCCCCCCCCCCCOc1ccc(CNC(=O)c2ccc[n+](C)c2)c(C)c1.[I-]. The van der Waals surface area contributed by atoms with Crippen molar-refractivity contribution >= 4 is 5.91 Å². The lowest BCUT2D eigenvalue weighted by Crippen LogP contribution is -3.00. The summed E-state index contributed by atoms with van der Waals surface area (Å²) in [6.07, 6.45) is 22.9. The fraction of sp³-hybridized carbons (Fsp3) is 0.613. The first kappa shape index (κ1) is 32.4. The molecule has 0 aliphatic rings. The third kappa shape index (κ3) is 14.2. The zero-order valence-electron chi connectivity index (χ0n) is 23.0. The minimum Gasteiger partial charge on any atom is -1.00 e. The van der Waals surface area contributed by atoms with Crippen LogP contribution >= 0.6 is 0 Å². The molecule has 0 fully saturated rings. The van der Waals surface area contributed by atoms with E-state index in [1.54, 1.807) is 0 Å². The lowest BCUT2D eigenvalue weighted by atomic mass is 10.0. The number of benzene rings is 1. The van der Waals surface area contributed by atoms with Gasteiger partial charge in [-0.1, -0.05) is 96.5 Å². The van der Waals surface area contributed by atoms with Gasteiger partial charge in [-0.25, -0.2) is 4.57 Å². The second kappa shape index (κ2) is 20.4. The van der Waals surface area contributed by atoms with Crippen LogP contribution in [-0.2, 0) is 13.6 Å². The van der Waals surface area contributed by atoms with Crippen LogP contribution < -0.4 is 38.6 Å². The molecule has 1 aromatic heterocycles. The summed E-state index contributed by atoms with van der Waals surface area (Å²) >= 11 is 0. The molecule has 1 aromatic carbocycles. The minimum absolute atomic E-state index is 0. The number of carbonyl (C=O) groups is 1. The lowest BCUT2D eigenvalue weighted by Gasteiger charge is -2.11. The molecule has 0 aliphatic heterocycles. The molecule has 0 atom stereocenters. The van der Waals surface area contributed by atoms with Gasteiger partial charge in [0.25, 0.3) is 5.91 Å². The van der Waals surface area contributed by atoms with E-state index in [0.29, 0.717) is 12.1 Å². The van der Waals surface area contributed by atoms with Gasteiger partial charge < -0.3 is 34.0 Å². The zero-order valence-corrected chi connectivity index (χ0v) is 25.2. The quantitative estimate of drug-likeness (QED) is 0.144. The Labute approximate surface area is 237 Å². The first-order chi connectivity index (χ1) is 17.1. The maximum atomic E-state index is 12.4. The molecule has 0 bridgehead atoms. The van der Waals surface area contributed by atoms with Gasteiger partial charge in [-0.2, -0.15) is 0 Å². The normalized spacial score (nSPS) is 10.6. The van der Waals surface area contributed by atoms with Crippen molar-refractivity contribution in [1.29, 1.82) is 0 Å². The molecule has 202 valence electrons. The van der Waals surface area contributed by atoms with E-state index in [-0.39, 0.29) is 29.9 Å². The number of nitrogens with zero attached hydrogens (tertiary/aromatic N) is 1. The predicted octanol–water partition coefficient (Wildman–Crippen LogP) is 4.61. The number of hydrogen-bond donors (Lipinski definition) is 1. The molecule has 0 spiro atoms. The molecule has 0 saturated heterocycles. The van der Waals surface area contributed by atoms with E-state index in [1.807, 2.05) is 42.2 Å². The largest absolute Gasteiger partial charge is 1.00 e. The Balaban J connectivity index is 0.00000648. The van der Waals surface area contributed by atoms with Crippen LogP contribution in [0.25, 0.3) is 0 Å². The monoisotopic (exact) mass is 608 g/mol. The van der Waals surface area contributed by atoms with E-state index in [2.05, 4.69) is 31.3 Å². The van der Waals surface area contributed by atoms with Crippen molar-refractivity contribution in [3.05, 3.63) is 59.4 Å². The van der Waals surface area contributed by atoms with Gasteiger partial charge in [0.05, 0.1) is 6.61 Å². The highest BCUT2D eigenvalue weighted by molar-refractivity contribution is 5.93. The topological polar surface area (TPSA) is 42.2 Å². The predicted molar refractivity (Wildman–Crippen MR) is 146 cm³/mol. The average molecular weight is 609 g/mol. The molecule has 1 amide bonds. The van der Waals surface area contributed by atoms with Gasteiger partial charge in [0.15, 0.2) is 12.4 Å². The number of halogens is 1. The van der Waals surface area contributed by atoms with Crippen LogP contribution in [0.4, 0.5) is 0 Å². The van der Waals surface area contributed by atoms with E-state index in [1.165, 1.54) is 83.5 Å². The van der Waals surface area contributed by atoms with Gasteiger partial charge in [-0.05, 0) is 42.7 Å². The molecule has 1 N–H and O–H groups in total. The fourth-order valence-electron chi connectivity index (χ4n) is 4.44. The van der Waals surface area contributed by atoms with Crippen molar-refractivity contribution in [2.24, 2.45) is 7.05 Å². The van der Waals surface area contributed by atoms with Crippen LogP contribution in [0.2, 0.25) is 0 Å². The maximum Gasteiger partial charge on any atom is 0.257 e. The van der Waals surface area contributed by atoms with E-state index < -0.39 is 0 Å². The highest BCUT2D eigenvalue weighted by Gasteiger charge is 2.09. The Bertz CT molecular complexity index is 856. The Hall–Kier alpha value is -1.63. The van der Waals surface area contributed by atoms with Crippen LogP contribution in [0, 0.1) is 6.92 Å². The van der Waals surface area contributed by atoms with Crippen LogP contribution in [0.1, 0.15) is 118 Å². The Morgan fingerprint density at radius 2 is 1.44 bits per heavy atom. The average Bonchev–Trinajstić information content (AvgIpc) is 2.85. The molecule has 5 heteroatoms. The first-order valence-electron chi connectivity index (χ1n) is 14.1. The Morgan fingerprint density at radius 1 is 0.861 bits per heavy atom. The number of aryl methyl sites for hydroxylation is 2. The molecule has 1 heterocycles. The lowest BCUT2D eigenvalue weighted by molar-refractivity contribution is -0.671. The fourth-order valence-corrected chi connectivity index (χ4v) is 4.44. The molecule has 36 heavy (non-hydrogen) atoms. The number of pyridine rings is 1. The molecule has 0 saturated carbocycles. The van der Waals surface area contributed by atoms with Gasteiger partial charge in [0.1, 0.15) is 18.4 Å². The number of amides is 1. The smallest absolute Gasteiger partial charge is 0.257 e. The summed E-state index contributed by atoms with van der Waals surface area (Å²) in [7, 11) is 1.92. The van der Waals surface area contributed by atoms with Crippen LogP contribution in [0.3, 0.4) is 0 Å². The zero-order chi connectivity index (χ0) is 25.1. The highest BCUT2D eigenvalue weighted by atomic mass is 127. The standard InChI is InChI=1S/C31H48N2O2.HI/c1-4-5-6-7-8-9-10-11-12-13-14-15-16-17-23-35-30-21-20-28(27(2)24-30)25-32-31(34)29-19-18-22-33(3)26-29;/h18-22,24,26H,4-17,23,25H2,1-3H3;1H. The number of aromatic nitrogens is 1. The highest BCUT2D eigenvalue weighted by Crippen LogP contribution is 2.18. The summed E-state index contributed by atoms with van der Waals surface area (Å²) in [6.45, 7) is 5.65. The summed E-state index contributed by atoms with van der Waals surface area (Å²) in [5.74, 6) is 0.862. The van der Waals surface area contributed by atoms with Crippen LogP contribution in [0.15, 0.2) is 42.7 Å². The molecule has 0 radical (unpaired) electrons. The van der Waals surface area contributed by atoms with E-state index >= 15 is 0 Å². The van der Waals surface area contributed by atoms with Crippen LogP contribution in [0.5, 0.6) is 5.75 Å². The molecule has 2 aromatic rings. The van der Waals surface area contributed by atoms with Crippen molar-refractivity contribution < 1.29 is 38.1 Å². The molecular formula is C31H49IN2O2. The number of carbonyl (C=O) groups excluding carboxylic acids is 1. The summed E-state index contributed by atoms with van der Waals surface area (Å²) in [5, 5.41) is 3.01. The van der Waals surface area contributed by atoms with Crippen molar-refractivity contribution in [1.82, 2.24) is 5.32 Å². The molecule has 2 rings (SSSR count). The van der Waals surface area contributed by atoms with Crippen molar-refractivity contribution in [3.63, 3.8) is 0 Å². The van der Waals surface area contributed by atoms with Crippen molar-refractivity contribution in [2.75, 3.05) is 6.61 Å².